The molecule has 4 heteroatoms. The van der Waals surface area contributed by atoms with E-state index in [0.29, 0.717) is 6.04 Å². The zero-order chi connectivity index (χ0) is 13.1. The molecule has 1 saturated heterocycles. The number of nitrogens with one attached hydrogen (secondary N) is 2. The number of likely N-dealkylation sites (N-methyl/N-ethyl adjacent to an activating group) is 1. The molecule has 1 aromatic heterocycles. The minimum atomic E-state index is 0.699. The van der Waals surface area contributed by atoms with Crippen LogP contribution in [-0.4, -0.2) is 47.6 Å². The molecule has 2 N–H and O–H groups in total. The molecule has 0 amide bonds. The summed E-state index contributed by atoms with van der Waals surface area (Å²) in [4.78, 5) is 9.92. The van der Waals surface area contributed by atoms with Gasteiger partial charge in [0.1, 0.15) is 0 Å². The fourth-order valence-electron chi connectivity index (χ4n) is 2.84. The van der Waals surface area contributed by atoms with Gasteiger partial charge in [-0.1, -0.05) is 6.07 Å². The molecule has 1 aromatic carbocycles. The van der Waals surface area contributed by atoms with Gasteiger partial charge in [0.2, 0.25) is 0 Å². The number of nitrogens with zero attached hydrogens (tertiary/aromatic N) is 2. The molecule has 1 unspecified atom stereocenters. The third-order valence-electron chi connectivity index (χ3n) is 4.13. The Balaban J connectivity index is 1.58. The lowest BCUT2D eigenvalue weighted by atomic mass is 10.1. The molecule has 0 aliphatic carbocycles. The highest BCUT2D eigenvalue weighted by Gasteiger charge is 2.17. The van der Waals surface area contributed by atoms with Crippen LogP contribution >= 0.6 is 0 Å². The number of fused-ring (bicyclic) bond motifs is 1. The van der Waals surface area contributed by atoms with E-state index in [2.05, 4.69) is 45.4 Å². The Morgan fingerprint density at radius 3 is 3.21 bits per heavy atom. The van der Waals surface area contributed by atoms with Gasteiger partial charge < -0.3 is 15.2 Å². The summed E-state index contributed by atoms with van der Waals surface area (Å²) in [6.07, 6.45) is 5.48. The van der Waals surface area contributed by atoms with E-state index in [9.17, 15) is 0 Å². The average molecular weight is 258 g/mol. The van der Waals surface area contributed by atoms with E-state index in [1.165, 1.54) is 24.9 Å². The lowest BCUT2D eigenvalue weighted by Crippen LogP contribution is -2.44. The fourth-order valence-corrected chi connectivity index (χ4v) is 2.84. The zero-order valence-corrected chi connectivity index (χ0v) is 11.5. The van der Waals surface area contributed by atoms with Crippen molar-refractivity contribution in [2.45, 2.75) is 25.3 Å². The SMILES string of the molecule is CN(CCc1ccc2nc[nH]c2c1)C1CCCNC1. The van der Waals surface area contributed by atoms with Gasteiger partial charge in [0.15, 0.2) is 0 Å². The second-order valence-corrected chi connectivity index (χ2v) is 5.48. The maximum absolute atomic E-state index is 4.25. The molecule has 1 aliphatic rings. The van der Waals surface area contributed by atoms with Crippen LogP contribution in [-0.2, 0) is 6.42 Å². The minimum Gasteiger partial charge on any atom is -0.345 e. The lowest BCUT2D eigenvalue weighted by Gasteiger charge is -2.31. The molecule has 2 aromatic rings. The van der Waals surface area contributed by atoms with Crippen LogP contribution in [0.2, 0.25) is 0 Å². The molecule has 19 heavy (non-hydrogen) atoms. The summed E-state index contributed by atoms with van der Waals surface area (Å²) in [7, 11) is 2.24. The monoisotopic (exact) mass is 258 g/mol. The van der Waals surface area contributed by atoms with Crippen molar-refractivity contribution >= 4 is 11.0 Å². The van der Waals surface area contributed by atoms with Gasteiger partial charge in [-0.2, -0.15) is 0 Å². The Morgan fingerprint density at radius 1 is 1.42 bits per heavy atom. The quantitative estimate of drug-likeness (QED) is 0.879. The van der Waals surface area contributed by atoms with Gasteiger partial charge in [-0.15, -0.1) is 0 Å². The number of aromatic amines is 1. The Labute approximate surface area is 114 Å². The van der Waals surface area contributed by atoms with E-state index in [-0.39, 0.29) is 0 Å². The Kier molecular flexibility index (Phi) is 3.80. The summed E-state index contributed by atoms with van der Waals surface area (Å²) in [5.74, 6) is 0. The summed E-state index contributed by atoms with van der Waals surface area (Å²) in [5.41, 5.74) is 3.57. The van der Waals surface area contributed by atoms with Crippen LogP contribution in [0.4, 0.5) is 0 Å². The third kappa shape index (κ3) is 2.96. The maximum Gasteiger partial charge on any atom is 0.0931 e. The number of benzene rings is 1. The molecule has 0 radical (unpaired) electrons. The molecule has 0 saturated carbocycles. The van der Waals surface area contributed by atoms with Crippen molar-refractivity contribution in [3.8, 4) is 0 Å². The van der Waals surface area contributed by atoms with Crippen molar-refractivity contribution in [2.24, 2.45) is 0 Å². The van der Waals surface area contributed by atoms with Crippen molar-refractivity contribution in [3.05, 3.63) is 30.1 Å². The van der Waals surface area contributed by atoms with Gasteiger partial charge >= 0.3 is 0 Å². The average Bonchev–Trinajstić information content (AvgIpc) is 2.93. The molecular weight excluding hydrogens is 236 g/mol. The number of H-pyrrole nitrogens is 1. The van der Waals surface area contributed by atoms with Crippen molar-refractivity contribution in [2.75, 3.05) is 26.7 Å². The summed E-state index contributed by atoms with van der Waals surface area (Å²) >= 11 is 0. The van der Waals surface area contributed by atoms with Crippen LogP contribution in [0.3, 0.4) is 0 Å². The predicted octanol–water partition coefficient (Wildman–Crippen LogP) is 1.79. The first-order valence-corrected chi connectivity index (χ1v) is 7.16. The highest BCUT2D eigenvalue weighted by atomic mass is 15.2. The second kappa shape index (κ2) is 5.72. The number of hydrogen-bond acceptors (Lipinski definition) is 3. The van der Waals surface area contributed by atoms with Crippen molar-refractivity contribution in [3.63, 3.8) is 0 Å². The van der Waals surface area contributed by atoms with Crippen molar-refractivity contribution < 1.29 is 0 Å². The fraction of sp³-hybridized carbons (Fsp3) is 0.533. The molecule has 0 bridgehead atoms. The summed E-state index contributed by atoms with van der Waals surface area (Å²) in [6, 6.07) is 7.21. The van der Waals surface area contributed by atoms with Crippen LogP contribution in [0.15, 0.2) is 24.5 Å². The number of aromatic nitrogens is 2. The molecule has 1 fully saturated rings. The van der Waals surface area contributed by atoms with Gasteiger partial charge in [0, 0.05) is 19.1 Å². The van der Waals surface area contributed by atoms with E-state index >= 15 is 0 Å². The normalized spacial score (nSPS) is 20.2. The van der Waals surface area contributed by atoms with Gasteiger partial charge in [0.25, 0.3) is 0 Å². The Morgan fingerprint density at radius 2 is 2.37 bits per heavy atom. The van der Waals surface area contributed by atoms with E-state index in [1.54, 1.807) is 6.33 Å². The topological polar surface area (TPSA) is 44.0 Å². The summed E-state index contributed by atoms with van der Waals surface area (Å²) < 4.78 is 0. The standard InChI is InChI=1S/C15H22N4/c1-19(13-3-2-7-16-10-13)8-6-12-4-5-14-15(9-12)18-11-17-14/h4-5,9,11,13,16H,2-3,6-8,10H2,1H3,(H,17,18). The molecular formula is C15H22N4. The largest absolute Gasteiger partial charge is 0.345 e. The molecule has 4 nitrogen and oxygen atoms in total. The van der Waals surface area contributed by atoms with Gasteiger partial charge in [-0.05, 0) is 50.6 Å². The molecule has 3 rings (SSSR count). The van der Waals surface area contributed by atoms with Crippen molar-refractivity contribution in [1.29, 1.82) is 0 Å². The Bertz CT molecular complexity index is 528. The first-order valence-electron chi connectivity index (χ1n) is 7.16. The van der Waals surface area contributed by atoms with Crippen LogP contribution < -0.4 is 5.32 Å². The van der Waals surface area contributed by atoms with Crippen LogP contribution in [0.25, 0.3) is 11.0 Å². The minimum absolute atomic E-state index is 0.699. The summed E-state index contributed by atoms with van der Waals surface area (Å²) in [6.45, 7) is 3.43. The van der Waals surface area contributed by atoms with Gasteiger partial charge in [0.05, 0.1) is 17.4 Å². The van der Waals surface area contributed by atoms with E-state index in [1.807, 2.05) is 0 Å². The first kappa shape index (κ1) is 12.6. The first-order chi connectivity index (χ1) is 9.33. The number of rotatable bonds is 4. The lowest BCUT2D eigenvalue weighted by molar-refractivity contribution is 0.205. The van der Waals surface area contributed by atoms with E-state index in [0.717, 1.165) is 30.5 Å². The third-order valence-corrected chi connectivity index (χ3v) is 4.13. The smallest absolute Gasteiger partial charge is 0.0931 e. The van der Waals surface area contributed by atoms with Crippen molar-refractivity contribution in [1.82, 2.24) is 20.2 Å². The highest BCUT2D eigenvalue weighted by Crippen LogP contribution is 2.14. The molecule has 0 spiro atoms. The molecule has 2 heterocycles. The van der Waals surface area contributed by atoms with Crippen LogP contribution in [0.5, 0.6) is 0 Å². The molecule has 1 aliphatic heterocycles. The predicted molar refractivity (Wildman–Crippen MR) is 78.3 cm³/mol. The number of imidazole rings is 1. The van der Waals surface area contributed by atoms with E-state index in [4.69, 9.17) is 0 Å². The van der Waals surface area contributed by atoms with Crippen LogP contribution in [0.1, 0.15) is 18.4 Å². The summed E-state index contributed by atoms with van der Waals surface area (Å²) in [5, 5.41) is 3.48. The van der Waals surface area contributed by atoms with E-state index < -0.39 is 0 Å². The second-order valence-electron chi connectivity index (χ2n) is 5.48. The number of hydrogen-bond donors (Lipinski definition) is 2. The molecule has 102 valence electrons. The molecule has 1 atom stereocenters. The number of piperidine rings is 1. The highest BCUT2D eigenvalue weighted by molar-refractivity contribution is 5.75. The Hall–Kier alpha value is -1.39. The van der Waals surface area contributed by atoms with Crippen LogP contribution in [0, 0.1) is 0 Å². The maximum atomic E-state index is 4.25. The van der Waals surface area contributed by atoms with Gasteiger partial charge in [-0.25, -0.2) is 4.98 Å². The van der Waals surface area contributed by atoms with Gasteiger partial charge in [-0.3, -0.25) is 0 Å². The zero-order valence-electron chi connectivity index (χ0n) is 11.5.